The van der Waals surface area contributed by atoms with Crippen LogP contribution >= 0.6 is 12.6 Å². The quantitative estimate of drug-likeness (QED) is 0.428. The van der Waals surface area contributed by atoms with Gasteiger partial charge in [-0.15, -0.1) is 0 Å². The minimum absolute atomic E-state index is 0.189. The van der Waals surface area contributed by atoms with Crippen molar-refractivity contribution >= 4 is 18.6 Å². The molecule has 0 unspecified atom stereocenters. The lowest BCUT2D eigenvalue weighted by Crippen LogP contribution is -2.11. The zero-order valence-electron chi connectivity index (χ0n) is 14.0. The topological polar surface area (TPSA) is 35.5 Å². The molecule has 128 valence electrons. The molecule has 2 rings (SSSR count). The maximum atomic E-state index is 11.2. The molecule has 0 bridgehead atoms. The van der Waals surface area contributed by atoms with Crippen LogP contribution in [0.1, 0.15) is 56.9 Å². The molecule has 1 aromatic carbocycles. The van der Waals surface area contributed by atoms with E-state index in [0.717, 1.165) is 11.7 Å². The van der Waals surface area contributed by atoms with E-state index in [0.29, 0.717) is 37.7 Å². The maximum absolute atomic E-state index is 11.2. The minimum Gasteiger partial charge on any atom is -0.493 e. The van der Waals surface area contributed by atoms with Gasteiger partial charge in [0.2, 0.25) is 0 Å². The molecule has 1 saturated carbocycles. The Balaban J connectivity index is 1.66. The summed E-state index contributed by atoms with van der Waals surface area (Å²) in [5.74, 6) is 2.83. The number of carbonyl (C=O) groups is 1. The van der Waals surface area contributed by atoms with Gasteiger partial charge in [-0.2, -0.15) is 12.6 Å². The van der Waals surface area contributed by atoms with Gasteiger partial charge < -0.3 is 9.47 Å². The lowest BCUT2D eigenvalue weighted by molar-refractivity contribution is -0.143. The van der Waals surface area contributed by atoms with Crippen molar-refractivity contribution in [2.24, 2.45) is 5.92 Å². The molecule has 0 aromatic heterocycles. The van der Waals surface area contributed by atoms with Gasteiger partial charge in [0.05, 0.1) is 19.6 Å². The van der Waals surface area contributed by atoms with Crippen LogP contribution in [0.15, 0.2) is 24.3 Å². The Labute approximate surface area is 145 Å². The summed E-state index contributed by atoms with van der Waals surface area (Å²) in [6.45, 7) is 3.32. The van der Waals surface area contributed by atoms with Crippen LogP contribution in [-0.4, -0.2) is 24.9 Å². The largest absolute Gasteiger partial charge is 0.493 e. The fourth-order valence-corrected chi connectivity index (χ4v) is 3.21. The van der Waals surface area contributed by atoms with Crippen LogP contribution in [-0.2, 0) is 9.53 Å². The number of hydrogen-bond acceptors (Lipinski definition) is 4. The van der Waals surface area contributed by atoms with Crippen LogP contribution < -0.4 is 4.74 Å². The molecular weight excluding hydrogens is 308 g/mol. The van der Waals surface area contributed by atoms with Crippen molar-refractivity contribution in [2.75, 3.05) is 19.0 Å². The first-order valence-electron chi connectivity index (χ1n) is 8.68. The summed E-state index contributed by atoms with van der Waals surface area (Å²) in [5, 5.41) is 0. The van der Waals surface area contributed by atoms with Crippen molar-refractivity contribution in [1.82, 2.24) is 0 Å². The van der Waals surface area contributed by atoms with Crippen LogP contribution in [0.4, 0.5) is 0 Å². The van der Waals surface area contributed by atoms with Gasteiger partial charge in [0.15, 0.2) is 0 Å². The van der Waals surface area contributed by atoms with E-state index in [2.05, 4.69) is 43.8 Å². The van der Waals surface area contributed by atoms with E-state index in [1.165, 1.54) is 31.2 Å². The molecule has 0 aliphatic heterocycles. The molecule has 1 aliphatic rings. The molecule has 1 aromatic rings. The summed E-state index contributed by atoms with van der Waals surface area (Å²) in [6.07, 6.45) is 6.37. The summed E-state index contributed by atoms with van der Waals surface area (Å²) in [6, 6.07) is 8.51. The van der Waals surface area contributed by atoms with Crippen molar-refractivity contribution in [1.29, 1.82) is 0 Å². The van der Waals surface area contributed by atoms with Crippen molar-refractivity contribution in [3.8, 4) is 5.75 Å². The van der Waals surface area contributed by atoms with Gasteiger partial charge in [-0.25, -0.2) is 0 Å². The highest BCUT2D eigenvalue weighted by atomic mass is 32.1. The predicted octanol–water partition coefficient (Wildman–Crippen LogP) is 4.61. The fourth-order valence-electron chi connectivity index (χ4n) is 3.03. The molecule has 0 amide bonds. The fraction of sp³-hybridized carbons (Fsp3) is 0.632. The summed E-state index contributed by atoms with van der Waals surface area (Å²) < 4.78 is 10.8. The number of benzene rings is 1. The van der Waals surface area contributed by atoms with E-state index in [1.54, 1.807) is 0 Å². The minimum atomic E-state index is -0.189. The van der Waals surface area contributed by atoms with E-state index >= 15 is 0 Å². The molecular formula is C19H28O3S. The van der Waals surface area contributed by atoms with Crippen LogP contribution in [0, 0.1) is 5.92 Å². The van der Waals surface area contributed by atoms with Gasteiger partial charge in [0.1, 0.15) is 5.75 Å². The molecule has 4 heteroatoms. The van der Waals surface area contributed by atoms with Crippen LogP contribution in [0.25, 0.3) is 0 Å². The highest BCUT2D eigenvalue weighted by molar-refractivity contribution is 7.80. The molecule has 23 heavy (non-hydrogen) atoms. The number of ether oxygens (including phenoxy) is 2. The van der Waals surface area contributed by atoms with Crippen molar-refractivity contribution < 1.29 is 14.3 Å². The van der Waals surface area contributed by atoms with Crippen molar-refractivity contribution in [3.05, 3.63) is 29.8 Å². The van der Waals surface area contributed by atoms with E-state index in [4.69, 9.17) is 9.47 Å². The predicted molar refractivity (Wildman–Crippen MR) is 96.4 cm³/mol. The highest BCUT2D eigenvalue weighted by Gasteiger charge is 2.19. The van der Waals surface area contributed by atoms with E-state index < -0.39 is 0 Å². The summed E-state index contributed by atoms with van der Waals surface area (Å²) in [5.41, 5.74) is 1.44. The molecule has 0 radical (unpaired) electrons. The van der Waals surface area contributed by atoms with Crippen LogP contribution in [0.5, 0.6) is 5.75 Å². The average molecular weight is 336 g/mol. The zero-order chi connectivity index (χ0) is 16.5. The van der Waals surface area contributed by atoms with Gasteiger partial charge in [0, 0.05) is 12.2 Å². The standard InChI is InChI=1S/C19H28O3S/c1-15-3-5-16(6-4-15)17-7-9-18(10-8-17)21-12-2-13-22-19(20)11-14-23/h7-10,15-16,23H,2-6,11-14H2,1H3. The Morgan fingerprint density at radius 3 is 2.48 bits per heavy atom. The molecule has 1 fully saturated rings. The summed E-state index contributed by atoms with van der Waals surface area (Å²) in [4.78, 5) is 11.2. The van der Waals surface area contributed by atoms with Crippen molar-refractivity contribution in [2.45, 2.75) is 51.4 Å². The van der Waals surface area contributed by atoms with E-state index in [-0.39, 0.29) is 5.97 Å². The normalized spacial score (nSPS) is 21.0. The third-order valence-corrected chi connectivity index (χ3v) is 4.73. The Hall–Kier alpha value is -1.16. The summed E-state index contributed by atoms with van der Waals surface area (Å²) >= 11 is 4.00. The van der Waals surface area contributed by atoms with E-state index in [1.807, 2.05) is 0 Å². The Bertz CT molecular complexity index is 464. The first-order valence-corrected chi connectivity index (χ1v) is 9.31. The van der Waals surface area contributed by atoms with E-state index in [9.17, 15) is 4.79 Å². The second-order valence-corrected chi connectivity index (χ2v) is 6.87. The summed E-state index contributed by atoms with van der Waals surface area (Å²) in [7, 11) is 0. The van der Waals surface area contributed by atoms with Gasteiger partial charge in [-0.05, 0) is 42.4 Å². The Morgan fingerprint density at radius 1 is 1.13 bits per heavy atom. The van der Waals surface area contributed by atoms with Gasteiger partial charge in [-0.1, -0.05) is 31.9 Å². The molecule has 0 atom stereocenters. The SMILES string of the molecule is CC1CCC(c2ccc(OCCCOC(=O)CCS)cc2)CC1. The maximum Gasteiger partial charge on any atom is 0.306 e. The Kier molecular flexibility index (Phi) is 7.80. The molecule has 3 nitrogen and oxygen atoms in total. The highest BCUT2D eigenvalue weighted by Crippen LogP contribution is 2.35. The first-order chi connectivity index (χ1) is 11.2. The number of esters is 1. The first kappa shape index (κ1) is 18.2. The van der Waals surface area contributed by atoms with Crippen LogP contribution in [0.3, 0.4) is 0 Å². The lowest BCUT2D eigenvalue weighted by Gasteiger charge is -2.26. The molecule has 1 aliphatic carbocycles. The van der Waals surface area contributed by atoms with Gasteiger partial charge >= 0.3 is 5.97 Å². The lowest BCUT2D eigenvalue weighted by atomic mass is 9.79. The van der Waals surface area contributed by atoms with Crippen molar-refractivity contribution in [3.63, 3.8) is 0 Å². The zero-order valence-corrected chi connectivity index (χ0v) is 14.9. The smallest absolute Gasteiger partial charge is 0.306 e. The number of hydrogen-bond donors (Lipinski definition) is 1. The monoisotopic (exact) mass is 336 g/mol. The molecule has 0 heterocycles. The molecule has 0 N–H and O–H groups in total. The molecule has 0 saturated heterocycles. The van der Waals surface area contributed by atoms with Gasteiger partial charge in [-0.3, -0.25) is 4.79 Å². The van der Waals surface area contributed by atoms with Crippen LogP contribution in [0.2, 0.25) is 0 Å². The Morgan fingerprint density at radius 2 is 1.83 bits per heavy atom. The number of rotatable bonds is 8. The average Bonchev–Trinajstić information content (AvgIpc) is 2.56. The molecule has 0 spiro atoms. The third kappa shape index (κ3) is 6.46. The van der Waals surface area contributed by atoms with Gasteiger partial charge in [0.25, 0.3) is 0 Å². The second-order valence-electron chi connectivity index (χ2n) is 6.42. The third-order valence-electron chi connectivity index (χ3n) is 4.50. The number of carbonyl (C=O) groups excluding carboxylic acids is 1. The second kappa shape index (κ2) is 9.86. The number of thiol groups is 1.